The van der Waals surface area contributed by atoms with Gasteiger partial charge in [0.2, 0.25) is 15.9 Å². The standard InChI is InChI=1S/C9H12BrN5O3S/c10-5-1-7(9(14-11)13-3-5)19(17,18)15-6-2-8(16)12-4-6/h1,3,6,15H,2,4,11H2,(H,12,16)(H,13,14). The Morgan fingerprint density at radius 2 is 2.26 bits per heavy atom. The van der Waals surface area contributed by atoms with Crippen molar-refractivity contribution in [1.82, 2.24) is 15.0 Å². The van der Waals surface area contributed by atoms with Gasteiger partial charge < -0.3 is 10.7 Å². The summed E-state index contributed by atoms with van der Waals surface area (Å²) in [7, 11) is -3.81. The fourth-order valence-corrected chi connectivity index (χ4v) is 3.57. The molecule has 10 heteroatoms. The van der Waals surface area contributed by atoms with E-state index in [-0.39, 0.29) is 29.6 Å². The van der Waals surface area contributed by atoms with Crippen LogP contribution in [-0.4, -0.2) is 31.9 Å². The molecule has 2 rings (SSSR count). The maximum Gasteiger partial charge on any atom is 0.244 e. The van der Waals surface area contributed by atoms with Crippen LogP contribution in [0.5, 0.6) is 0 Å². The number of carbonyl (C=O) groups is 1. The highest BCUT2D eigenvalue weighted by molar-refractivity contribution is 9.10. The van der Waals surface area contributed by atoms with Crippen LogP contribution in [0.1, 0.15) is 6.42 Å². The van der Waals surface area contributed by atoms with Gasteiger partial charge in [-0.15, -0.1) is 0 Å². The normalized spacial score (nSPS) is 19.3. The summed E-state index contributed by atoms with van der Waals surface area (Å²) in [5, 5.41) is 2.55. The largest absolute Gasteiger partial charge is 0.354 e. The van der Waals surface area contributed by atoms with Crippen LogP contribution in [0.2, 0.25) is 0 Å². The average molecular weight is 350 g/mol. The van der Waals surface area contributed by atoms with Crippen molar-refractivity contribution in [3.63, 3.8) is 0 Å². The Labute approximate surface area is 118 Å². The molecule has 1 unspecified atom stereocenters. The van der Waals surface area contributed by atoms with E-state index in [1.165, 1.54) is 12.3 Å². The van der Waals surface area contributed by atoms with Gasteiger partial charge in [-0.05, 0) is 22.0 Å². The first-order chi connectivity index (χ1) is 8.92. The van der Waals surface area contributed by atoms with Crippen LogP contribution in [0.4, 0.5) is 5.82 Å². The Bertz CT molecular complexity index is 606. The van der Waals surface area contributed by atoms with Crippen molar-refractivity contribution in [3.05, 3.63) is 16.7 Å². The molecule has 1 saturated heterocycles. The molecule has 0 bridgehead atoms. The SMILES string of the molecule is NNc1ncc(Br)cc1S(=O)(=O)NC1CNC(=O)C1. The Morgan fingerprint density at radius 1 is 1.53 bits per heavy atom. The summed E-state index contributed by atoms with van der Waals surface area (Å²) in [6, 6.07) is 0.913. The molecule has 0 aromatic carbocycles. The molecular weight excluding hydrogens is 338 g/mol. The molecule has 8 nitrogen and oxygen atoms in total. The van der Waals surface area contributed by atoms with E-state index in [0.717, 1.165) is 0 Å². The van der Waals surface area contributed by atoms with Gasteiger partial charge in [0.15, 0.2) is 5.82 Å². The number of pyridine rings is 1. The molecule has 104 valence electrons. The van der Waals surface area contributed by atoms with Crippen LogP contribution >= 0.6 is 15.9 Å². The number of hydrazine groups is 1. The highest BCUT2D eigenvalue weighted by Crippen LogP contribution is 2.22. The van der Waals surface area contributed by atoms with Crippen LogP contribution in [-0.2, 0) is 14.8 Å². The molecule has 1 aliphatic rings. The molecule has 0 aliphatic carbocycles. The third-order valence-electron chi connectivity index (χ3n) is 2.54. The summed E-state index contributed by atoms with van der Waals surface area (Å²) in [5.74, 6) is 5.09. The van der Waals surface area contributed by atoms with Gasteiger partial charge in [0.05, 0.1) is 0 Å². The molecule has 5 N–H and O–H groups in total. The fraction of sp³-hybridized carbons (Fsp3) is 0.333. The van der Waals surface area contributed by atoms with Gasteiger partial charge in [-0.1, -0.05) is 0 Å². The number of aromatic nitrogens is 1. The molecule has 1 aromatic heterocycles. The lowest BCUT2D eigenvalue weighted by molar-refractivity contribution is -0.119. The molecule has 0 saturated carbocycles. The lowest BCUT2D eigenvalue weighted by Gasteiger charge is -2.13. The molecule has 0 radical (unpaired) electrons. The van der Waals surface area contributed by atoms with E-state index in [1.54, 1.807) is 0 Å². The predicted molar refractivity (Wildman–Crippen MR) is 71.5 cm³/mol. The van der Waals surface area contributed by atoms with Gasteiger partial charge in [0.1, 0.15) is 4.90 Å². The Balaban J connectivity index is 2.28. The molecule has 1 aliphatic heterocycles. The quantitative estimate of drug-likeness (QED) is 0.420. The summed E-state index contributed by atoms with van der Waals surface area (Å²) in [4.78, 5) is 14.8. The van der Waals surface area contributed by atoms with E-state index >= 15 is 0 Å². The second kappa shape index (κ2) is 5.41. The molecule has 2 heterocycles. The number of sulfonamides is 1. The monoisotopic (exact) mass is 349 g/mol. The van der Waals surface area contributed by atoms with Crippen molar-refractivity contribution < 1.29 is 13.2 Å². The minimum absolute atomic E-state index is 0.0352. The first-order valence-corrected chi connectivity index (χ1v) is 7.61. The number of amides is 1. The van der Waals surface area contributed by atoms with Gasteiger partial charge in [-0.3, -0.25) is 4.79 Å². The van der Waals surface area contributed by atoms with E-state index in [1.807, 2.05) is 0 Å². The van der Waals surface area contributed by atoms with Crippen molar-refractivity contribution in [2.45, 2.75) is 17.4 Å². The summed E-state index contributed by atoms with van der Waals surface area (Å²) in [6.45, 7) is 0.269. The van der Waals surface area contributed by atoms with Crippen molar-refractivity contribution >= 4 is 37.7 Å². The molecular formula is C9H12BrN5O3S. The maximum absolute atomic E-state index is 12.2. The average Bonchev–Trinajstić information content (AvgIpc) is 2.74. The fourth-order valence-electron chi connectivity index (χ4n) is 1.71. The van der Waals surface area contributed by atoms with Gasteiger partial charge in [-0.2, -0.15) is 0 Å². The second-order valence-electron chi connectivity index (χ2n) is 3.97. The van der Waals surface area contributed by atoms with Crippen LogP contribution in [0.3, 0.4) is 0 Å². The first-order valence-electron chi connectivity index (χ1n) is 5.33. The number of anilines is 1. The van der Waals surface area contributed by atoms with Crippen LogP contribution in [0, 0.1) is 0 Å². The number of rotatable bonds is 4. The van der Waals surface area contributed by atoms with Gasteiger partial charge in [0, 0.05) is 29.7 Å². The number of halogens is 1. The summed E-state index contributed by atoms with van der Waals surface area (Å²) >= 11 is 3.15. The van der Waals surface area contributed by atoms with Crippen molar-refractivity contribution in [2.75, 3.05) is 12.0 Å². The smallest absolute Gasteiger partial charge is 0.244 e. The number of nitrogens with one attached hydrogen (secondary N) is 3. The van der Waals surface area contributed by atoms with Crippen LogP contribution < -0.4 is 21.3 Å². The van der Waals surface area contributed by atoms with Crippen molar-refractivity contribution in [1.29, 1.82) is 0 Å². The summed E-state index contributed by atoms with van der Waals surface area (Å²) < 4.78 is 27.4. The van der Waals surface area contributed by atoms with E-state index in [4.69, 9.17) is 5.84 Å². The predicted octanol–water partition coefficient (Wildman–Crippen LogP) is -0.704. The zero-order valence-electron chi connectivity index (χ0n) is 9.68. The van der Waals surface area contributed by atoms with Crippen molar-refractivity contribution in [3.8, 4) is 0 Å². The number of carbonyl (C=O) groups excluding carboxylic acids is 1. The Morgan fingerprint density at radius 3 is 2.84 bits per heavy atom. The topological polar surface area (TPSA) is 126 Å². The molecule has 19 heavy (non-hydrogen) atoms. The molecule has 0 spiro atoms. The summed E-state index contributed by atoms with van der Waals surface area (Å²) in [5.41, 5.74) is 2.23. The van der Waals surface area contributed by atoms with E-state index in [2.05, 4.69) is 36.4 Å². The third-order valence-corrected chi connectivity index (χ3v) is 4.51. The number of hydrogen-bond acceptors (Lipinski definition) is 6. The van der Waals surface area contributed by atoms with Gasteiger partial charge >= 0.3 is 0 Å². The number of nitrogen functional groups attached to an aromatic ring is 1. The Hall–Kier alpha value is -1.23. The Kier molecular flexibility index (Phi) is 4.04. The van der Waals surface area contributed by atoms with E-state index in [0.29, 0.717) is 4.47 Å². The number of nitrogens with two attached hydrogens (primary N) is 1. The lowest BCUT2D eigenvalue weighted by Crippen LogP contribution is -2.36. The number of hydrogen-bond donors (Lipinski definition) is 4. The van der Waals surface area contributed by atoms with E-state index < -0.39 is 16.1 Å². The number of nitrogens with zero attached hydrogens (tertiary/aromatic N) is 1. The van der Waals surface area contributed by atoms with E-state index in [9.17, 15) is 13.2 Å². The van der Waals surface area contributed by atoms with Crippen LogP contribution in [0.25, 0.3) is 0 Å². The van der Waals surface area contributed by atoms with Crippen LogP contribution in [0.15, 0.2) is 21.6 Å². The minimum atomic E-state index is -3.81. The third kappa shape index (κ3) is 3.21. The zero-order valence-corrected chi connectivity index (χ0v) is 12.1. The molecule has 1 fully saturated rings. The zero-order chi connectivity index (χ0) is 14.0. The summed E-state index contributed by atoms with van der Waals surface area (Å²) in [6.07, 6.45) is 1.54. The molecule has 1 atom stereocenters. The van der Waals surface area contributed by atoms with Gasteiger partial charge in [-0.25, -0.2) is 24.0 Å². The van der Waals surface area contributed by atoms with Crippen molar-refractivity contribution in [2.24, 2.45) is 5.84 Å². The van der Waals surface area contributed by atoms with Gasteiger partial charge in [0.25, 0.3) is 0 Å². The highest BCUT2D eigenvalue weighted by Gasteiger charge is 2.28. The molecule has 1 amide bonds. The first kappa shape index (κ1) is 14.2. The molecule has 1 aromatic rings. The maximum atomic E-state index is 12.2. The highest BCUT2D eigenvalue weighted by atomic mass is 79.9. The minimum Gasteiger partial charge on any atom is -0.354 e. The lowest BCUT2D eigenvalue weighted by atomic mass is 10.3. The second-order valence-corrected chi connectivity index (χ2v) is 6.57.